The first-order valence-corrected chi connectivity index (χ1v) is 9.76. The van der Waals surface area contributed by atoms with Crippen LogP contribution in [0, 0.1) is 0 Å². The third kappa shape index (κ3) is 2.96. The first kappa shape index (κ1) is 17.1. The number of hydrogen-bond acceptors (Lipinski definition) is 4. The van der Waals surface area contributed by atoms with Crippen LogP contribution in [-0.4, -0.2) is 31.4 Å². The zero-order valence-electron chi connectivity index (χ0n) is 11.6. The molecule has 0 spiro atoms. The Bertz CT molecular complexity index is 780. The molecule has 0 aliphatic heterocycles. The SMILES string of the molecule is [N-]=[N+]=C(C1([SH](=O)=O)CCCCC1)S(=O)(=O)c1ccc(Cl)cc1. The monoisotopic (exact) mass is 362 g/mol. The van der Waals surface area contributed by atoms with Gasteiger partial charge in [0.25, 0.3) is 9.84 Å². The topological polar surface area (TPSA) is 105 Å². The van der Waals surface area contributed by atoms with Crippen molar-refractivity contribution in [1.82, 2.24) is 0 Å². The maximum Gasteiger partial charge on any atom is 0.406 e. The van der Waals surface area contributed by atoms with Crippen molar-refractivity contribution in [2.45, 2.75) is 41.7 Å². The summed E-state index contributed by atoms with van der Waals surface area (Å²) in [4.78, 5) is 2.74. The highest BCUT2D eigenvalue weighted by Crippen LogP contribution is 2.35. The molecule has 1 aliphatic rings. The lowest BCUT2D eigenvalue weighted by molar-refractivity contribution is -0.00739. The van der Waals surface area contributed by atoms with Gasteiger partial charge in [-0.15, -0.1) is 0 Å². The van der Waals surface area contributed by atoms with E-state index in [-0.39, 0.29) is 17.7 Å². The second kappa shape index (κ2) is 6.50. The summed E-state index contributed by atoms with van der Waals surface area (Å²) in [6, 6.07) is 5.29. The predicted molar refractivity (Wildman–Crippen MR) is 83.4 cm³/mol. The lowest BCUT2D eigenvalue weighted by atomic mass is 9.89. The van der Waals surface area contributed by atoms with E-state index in [1.54, 1.807) is 0 Å². The smallest absolute Gasteiger partial charge is 0.360 e. The summed E-state index contributed by atoms with van der Waals surface area (Å²) in [6.07, 6.45) is 2.23. The van der Waals surface area contributed by atoms with Crippen molar-refractivity contribution in [1.29, 1.82) is 0 Å². The van der Waals surface area contributed by atoms with Gasteiger partial charge >= 0.3 is 5.04 Å². The van der Waals surface area contributed by atoms with E-state index in [0.717, 1.165) is 6.42 Å². The Morgan fingerprint density at radius 1 is 1.14 bits per heavy atom. The van der Waals surface area contributed by atoms with Gasteiger partial charge < -0.3 is 5.53 Å². The molecule has 0 atom stereocenters. The molecule has 0 radical (unpaired) electrons. The van der Waals surface area contributed by atoms with Gasteiger partial charge in [-0.25, -0.2) is 16.8 Å². The number of thiol groups is 1. The molecule has 1 fully saturated rings. The van der Waals surface area contributed by atoms with Crippen molar-refractivity contribution in [3.8, 4) is 0 Å². The number of sulfone groups is 1. The van der Waals surface area contributed by atoms with Crippen LogP contribution >= 0.6 is 11.6 Å². The van der Waals surface area contributed by atoms with Crippen LogP contribution in [0.3, 0.4) is 0 Å². The number of halogens is 1. The molecular weight excluding hydrogens is 348 g/mol. The summed E-state index contributed by atoms with van der Waals surface area (Å²) in [7, 11) is -7.32. The first-order chi connectivity index (χ1) is 10.3. The van der Waals surface area contributed by atoms with Gasteiger partial charge in [-0.2, -0.15) is 4.79 Å². The maximum absolute atomic E-state index is 12.7. The van der Waals surface area contributed by atoms with Crippen molar-refractivity contribution in [2.24, 2.45) is 0 Å². The molecule has 1 saturated carbocycles. The van der Waals surface area contributed by atoms with Crippen molar-refractivity contribution < 1.29 is 21.6 Å². The van der Waals surface area contributed by atoms with Gasteiger partial charge in [0, 0.05) is 5.02 Å². The highest BCUT2D eigenvalue weighted by Gasteiger charge is 2.54. The maximum atomic E-state index is 12.7. The second-order valence-electron chi connectivity index (χ2n) is 5.21. The average molecular weight is 363 g/mol. The third-order valence-corrected chi connectivity index (χ3v) is 7.53. The normalized spacial score (nSPS) is 17.9. The summed E-state index contributed by atoms with van der Waals surface area (Å²) >= 11 is 5.73. The van der Waals surface area contributed by atoms with Gasteiger partial charge in [0.05, 0.1) is 4.90 Å². The molecule has 0 bridgehead atoms. The number of rotatable bonds is 3. The van der Waals surface area contributed by atoms with Crippen LogP contribution in [0.25, 0.3) is 5.53 Å². The summed E-state index contributed by atoms with van der Waals surface area (Å²) in [6.45, 7) is 0. The third-order valence-electron chi connectivity index (χ3n) is 3.90. The van der Waals surface area contributed by atoms with E-state index in [1.807, 2.05) is 0 Å². The molecule has 120 valence electrons. The Kier molecular flexibility index (Phi) is 5.07. The van der Waals surface area contributed by atoms with Crippen LogP contribution in [0.1, 0.15) is 32.1 Å². The second-order valence-corrected chi connectivity index (χ2v) is 8.88. The van der Waals surface area contributed by atoms with Gasteiger partial charge in [-0.3, -0.25) is 0 Å². The fraction of sp³-hybridized carbons (Fsp3) is 0.462. The standard InChI is InChI=1S/C13H15ClN2O4S2/c14-10-4-6-11(7-5-10)22(19,20)12(16-15)13(21(17)18)8-2-1-3-9-13/h4-7,21H,1-3,8-9H2. The minimum atomic E-state index is -4.21. The van der Waals surface area contributed by atoms with Crippen LogP contribution in [0.15, 0.2) is 29.2 Å². The molecular formula is C13H15ClN2O4S2. The number of nitrogens with zero attached hydrogens (tertiary/aromatic N) is 2. The van der Waals surface area contributed by atoms with Crippen LogP contribution in [-0.2, 0) is 20.5 Å². The number of benzene rings is 1. The molecule has 1 aromatic carbocycles. The van der Waals surface area contributed by atoms with Crippen LogP contribution in [0.2, 0.25) is 5.02 Å². The summed E-state index contributed by atoms with van der Waals surface area (Å²) in [5, 5.41) is -0.346. The van der Waals surface area contributed by atoms with Crippen LogP contribution in [0.4, 0.5) is 0 Å². The Labute approximate surface area is 135 Å². The van der Waals surface area contributed by atoms with E-state index in [9.17, 15) is 22.4 Å². The minimum absolute atomic E-state index is 0.137. The fourth-order valence-electron chi connectivity index (χ4n) is 2.73. The minimum Gasteiger partial charge on any atom is -0.360 e. The molecule has 9 heteroatoms. The van der Waals surface area contributed by atoms with E-state index in [2.05, 4.69) is 4.79 Å². The molecule has 1 aliphatic carbocycles. The Balaban J connectivity index is 2.60. The molecule has 2 rings (SSSR count). The van der Waals surface area contributed by atoms with Gasteiger partial charge in [-0.05, 0) is 37.1 Å². The highest BCUT2D eigenvalue weighted by molar-refractivity contribution is 8.07. The molecule has 0 saturated heterocycles. The summed E-state index contributed by atoms with van der Waals surface area (Å²) in [5.74, 6) is 0. The lowest BCUT2D eigenvalue weighted by Gasteiger charge is -2.27. The summed E-state index contributed by atoms with van der Waals surface area (Å²) < 4.78 is 47.3. The van der Waals surface area contributed by atoms with E-state index in [1.165, 1.54) is 24.3 Å². The van der Waals surface area contributed by atoms with Crippen LogP contribution < -0.4 is 0 Å². The summed E-state index contributed by atoms with van der Waals surface area (Å²) in [5.41, 5.74) is 9.26. The quantitative estimate of drug-likeness (QED) is 0.292. The molecule has 0 N–H and O–H groups in total. The van der Waals surface area contributed by atoms with Gasteiger partial charge in [-0.1, -0.05) is 30.9 Å². The fourth-order valence-corrected chi connectivity index (χ4v) is 5.86. The Morgan fingerprint density at radius 2 is 1.68 bits per heavy atom. The van der Waals surface area contributed by atoms with Crippen molar-refractivity contribution >= 4 is 37.2 Å². The zero-order valence-corrected chi connectivity index (χ0v) is 14.1. The lowest BCUT2D eigenvalue weighted by Crippen LogP contribution is -2.46. The van der Waals surface area contributed by atoms with E-state index in [4.69, 9.17) is 11.6 Å². The first-order valence-electron chi connectivity index (χ1n) is 6.72. The molecule has 0 heterocycles. The van der Waals surface area contributed by atoms with Crippen LogP contribution in [0.5, 0.6) is 0 Å². The van der Waals surface area contributed by atoms with E-state index in [0.29, 0.717) is 17.9 Å². The van der Waals surface area contributed by atoms with Crippen molar-refractivity contribution in [2.75, 3.05) is 0 Å². The zero-order chi connectivity index (χ0) is 16.4. The van der Waals surface area contributed by atoms with Crippen molar-refractivity contribution in [3.63, 3.8) is 0 Å². The van der Waals surface area contributed by atoms with Crippen molar-refractivity contribution in [3.05, 3.63) is 34.8 Å². The average Bonchev–Trinajstić information content (AvgIpc) is 2.49. The molecule has 6 nitrogen and oxygen atoms in total. The van der Waals surface area contributed by atoms with Gasteiger partial charge in [0.15, 0.2) is 15.5 Å². The molecule has 1 aromatic rings. The highest BCUT2D eigenvalue weighted by atomic mass is 35.5. The molecule has 0 amide bonds. The Morgan fingerprint density at radius 3 is 2.14 bits per heavy atom. The molecule has 0 aromatic heterocycles. The molecule has 22 heavy (non-hydrogen) atoms. The number of hydrogen-bond donors (Lipinski definition) is 1. The van der Waals surface area contributed by atoms with E-state index >= 15 is 0 Å². The predicted octanol–water partition coefficient (Wildman–Crippen LogP) is 2.06. The van der Waals surface area contributed by atoms with Gasteiger partial charge in [0.1, 0.15) is 0 Å². The van der Waals surface area contributed by atoms with E-state index < -0.39 is 30.3 Å². The largest absolute Gasteiger partial charge is 0.406 e. The Hall–Kier alpha value is -1.21. The molecule has 0 unspecified atom stereocenters. The van der Waals surface area contributed by atoms with Gasteiger partial charge in [0.2, 0.25) is 0 Å².